The predicted octanol–water partition coefficient (Wildman–Crippen LogP) is 2.19. The van der Waals surface area contributed by atoms with Crippen LogP contribution in [0.2, 0.25) is 0 Å². The van der Waals surface area contributed by atoms with Crippen LogP contribution in [0, 0.1) is 10.1 Å². The molecule has 2 aromatic carbocycles. The minimum Gasteiger partial charge on any atom is -0.454 e. The first-order valence-corrected chi connectivity index (χ1v) is 8.91. The molecule has 0 fully saturated rings. The first-order valence-electron chi connectivity index (χ1n) is 8.91. The van der Waals surface area contributed by atoms with E-state index in [1.165, 1.54) is 12.1 Å². The van der Waals surface area contributed by atoms with Gasteiger partial charge in [0.15, 0.2) is 11.5 Å². The number of carbonyl (C=O) groups is 1. The number of anilines is 1. The minimum atomic E-state index is -0.565. The van der Waals surface area contributed by atoms with Crippen molar-refractivity contribution in [1.82, 2.24) is 4.90 Å². The SMILES string of the molecule is Cl.NCCN(CCc1ccccc1)CC(=O)Nc1cc2c(cc1[N+](=O)[O-])OCO2. The van der Waals surface area contributed by atoms with Crippen LogP contribution < -0.4 is 20.5 Å². The second-order valence-corrected chi connectivity index (χ2v) is 6.33. The van der Waals surface area contributed by atoms with E-state index in [4.69, 9.17) is 15.2 Å². The number of ether oxygens (including phenoxy) is 2. The van der Waals surface area contributed by atoms with Gasteiger partial charge in [-0.1, -0.05) is 30.3 Å². The van der Waals surface area contributed by atoms with E-state index in [1.54, 1.807) is 0 Å². The molecule has 9 nitrogen and oxygen atoms in total. The van der Waals surface area contributed by atoms with Crippen molar-refractivity contribution < 1.29 is 19.2 Å². The molecule has 0 unspecified atom stereocenters. The second kappa shape index (κ2) is 10.6. The second-order valence-electron chi connectivity index (χ2n) is 6.33. The molecule has 1 aliphatic rings. The maximum absolute atomic E-state index is 12.5. The number of nitro benzene ring substituents is 1. The Hall–Kier alpha value is -2.88. The van der Waals surface area contributed by atoms with Crippen LogP contribution in [0.5, 0.6) is 11.5 Å². The molecule has 1 heterocycles. The summed E-state index contributed by atoms with van der Waals surface area (Å²) >= 11 is 0. The Morgan fingerprint density at radius 3 is 2.52 bits per heavy atom. The number of nitro groups is 1. The van der Waals surface area contributed by atoms with Gasteiger partial charge in [0.25, 0.3) is 5.69 Å². The molecule has 1 amide bonds. The van der Waals surface area contributed by atoms with Gasteiger partial charge in [-0.25, -0.2) is 0 Å². The molecule has 0 atom stereocenters. The van der Waals surface area contributed by atoms with Gasteiger partial charge in [0.2, 0.25) is 12.7 Å². The molecular weight excluding hydrogens is 400 g/mol. The van der Waals surface area contributed by atoms with E-state index in [0.717, 1.165) is 12.0 Å². The zero-order chi connectivity index (χ0) is 19.9. The van der Waals surface area contributed by atoms with Crippen molar-refractivity contribution in [3.63, 3.8) is 0 Å². The Morgan fingerprint density at radius 2 is 1.86 bits per heavy atom. The number of nitrogens with zero attached hydrogens (tertiary/aromatic N) is 2. The largest absolute Gasteiger partial charge is 0.454 e. The molecule has 156 valence electrons. The summed E-state index contributed by atoms with van der Waals surface area (Å²) in [6.45, 7) is 1.68. The lowest BCUT2D eigenvalue weighted by Gasteiger charge is -2.21. The molecule has 29 heavy (non-hydrogen) atoms. The molecule has 0 bridgehead atoms. The number of halogens is 1. The van der Waals surface area contributed by atoms with Crippen LogP contribution in [-0.2, 0) is 11.2 Å². The lowest BCUT2D eigenvalue weighted by atomic mass is 10.1. The molecular formula is C19H23ClN4O5. The van der Waals surface area contributed by atoms with E-state index in [1.807, 2.05) is 35.2 Å². The maximum Gasteiger partial charge on any atom is 0.296 e. The highest BCUT2D eigenvalue weighted by Gasteiger charge is 2.24. The fourth-order valence-corrected chi connectivity index (χ4v) is 2.96. The third-order valence-corrected chi connectivity index (χ3v) is 4.33. The molecule has 0 aliphatic carbocycles. The van der Waals surface area contributed by atoms with Crippen molar-refractivity contribution in [2.75, 3.05) is 38.3 Å². The molecule has 2 aromatic rings. The van der Waals surface area contributed by atoms with Gasteiger partial charge in [0.05, 0.1) is 17.5 Å². The van der Waals surface area contributed by atoms with E-state index in [0.29, 0.717) is 25.4 Å². The van der Waals surface area contributed by atoms with Crippen LogP contribution in [0.3, 0.4) is 0 Å². The quantitative estimate of drug-likeness (QED) is 0.469. The number of carbonyl (C=O) groups excluding carboxylic acids is 1. The highest BCUT2D eigenvalue weighted by Crippen LogP contribution is 2.40. The van der Waals surface area contributed by atoms with E-state index < -0.39 is 4.92 Å². The molecule has 3 N–H and O–H groups in total. The Morgan fingerprint density at radius 1 is 1.17 bits per heavy atom. The summed E-state index contributed by atoms with van der Waals surface area (Å²) in [5.41, 5.74) is 6.66. The fourth-order valence-electron chi connectivity index (χ4n) is 2.96. The van der Waals surface area contributed by atoms with Gasteiger partial charge in [0.1, 0.15) is 5.69 Å². The first kappa shape index (κ1) is 22.4. The zero-order valence-corrected chi connectivity index (χ0v) is 16.5. The summed E-state index contributed by atoms with van der Waals surface area (Å²) < 4.78 is 10.4. The maximum atomic E-state index is 12.5. The third-order valence-electron chi connectivity index (χ3n) is 4.33. The Balaban J connectivity index is 0.00000300. The molecule has 3 rings (SSSR count). The molecule has 0 saturated carbocycles. The average molecular weight is 423 g/mol. The van der Waals surface area contributed by atoms with Crippen molar-refractivity contribution in [2.45, 2.75) is 6.42 Å². The van der Waals surface area contributed by atoms with Gasteiger partial charge >= 0.3 is 0 Å². The zero-order valence-electron chi connectivity index (χ0n) is 15.7. The standard InChI is InChI=1S/C19H22N4O5.ClH/c20-7-9-22(8-6-14-4-2-1-3-5-14)12-19(24)21-15-10-17-18(28-13-27-17)11-16(15)23(25)26;/h1-5,10-11H,6-9,12-13,20H2,(H,21,24);1H. The summed E-state index contributed by atoms with van der Waals surface area (Å²) in [6.07, 6.45) is 0.776. The highest BCUT2D eigenvalue weighted by atomic mass is 35.5. The number of nitrogens with one attached hydrogen (secondary N) is 1. The van der Waals surface area contributed by atoms with Crippen LogP contribution in [0.4, 0.5) is 11.4 Å². The number of hydrogen-bond acceptors (Lipinski definition) is 7. The van der Waals surface area contributed by atoms with Gasteiger partial charge < -0.3 is 20.5 Å². The fraction of sp³-hybridized carbons (Fsp3) is 0.316. The lowest BCUT2D eigenvalue weighted by Crippen LogP contribution is -2.38. The topological polar surface area (TPSA) is 120 Å². The normalized spacial score (nSPS) is 11.8. The highest BCUT2D eigenvalue weighted by molar-refractivity contribution is 5.95. The number of hydrogen-bond donors (Lipinski definition) is 2. The average Bonchev–Trinajstić information content (AvgIpc) is 3.13. The van der Waals surface area contributed by atoms with Gasteiger partial charge in [0, 0.05) is 25.7 Å². The van der Waals surface area contributed by atoms with E-state index in [9.17, 15) is 14.9 Å². The van der Waals surface area contributed by atoms with Crippen LogP contribution in [0.15, 0.2) is 42.5 Å². The van der Waals surface area contributed by atoms with Crippen molar-refractivity contribution in [1.29, 1.82) is 0 Å². The lowest BCUT2D eigenvalue weighted by molar-refractivity contribution is -0.384. The summed E-state index contributed by atoms with van der Waals surface area (Å²) in [5, 5.41) is 13.9. The summed E-state index contributed by atoms with van der Waals surface area (Å²) in [5.74, 6) is 0.296. The predicted molar refractivity (Wildman–Crippen MR) is 111 cm³/mol. The van der Waals surface area contributed by atoms with Crippen LogP contribution in [-0.4, -0.2) is 48.7 Å². The molecule has 1 aliphatic heterocycles. The summed E-state index contributed by atoms with van der Waals surface area (Å²) in [6, 6.07) is 12.6. The number of nitrogens with two attached hydrogens (primary N) is 1. The number of rotatable bonds is 9. The third kappa shape index (κ3) is 6.05. The van der Waals surface area contributed by atoms with E-state index in [2.05, 4.69) is 5.32 Å². The smallest absolute Gasteiger partial charge is 0.296 e. The van der Waals surface area contributed by atoms with Crippen LogP contribution >= 0.6 is 12.4 Å². The summed E-state index contributed by atoms with van der Waals surface area (Å²) in [7, 11) is 0. The number of fused-ring (bicyclic) bond motifs is 1. The van der Waals surface area contributed by atoms with Gasteiger partial charge in [-0.15, -0.1) is 12.4 Å². The van der Waals surface area contributed by atoms with Crippen LogP contribution in [0.25, 0.3) is 0 Å². The molecule has 0 aromatic heterocycles. The van der Waals surface area contributed by atoms with E-state index in [-0.39, 0.29) is 48.8 Å². The Kier molecular flexibility index (Phi) is 8.20. The minimum absolute atomic E-state index is 0. The molecule has 0 radical (unpaired) electrons. The van der Waals surface area contributed by atoms with Crippen molar-refractivity contribution in [3.8, 4) is 11.5 Å². The Bertz CT molecular complexity index is 850. The van der Waals surface area contributed by atoms with Crippen molar-refractivity contribution in [3.05, 3.63) is 58.1 Å². The summed E-state index contributed by atoms with van der Waals surface area (Å²) in [4.78, 5) is 25.2. The van der Waals surface area contributed by atoms with Crippen molar-refractivity contribution in [2.24, 2.45) is 5.73 Å². The monoisotopic (exact) mass is 422 g/mol. The van der Waals surface area contributed by atoms with Crippen LogP contribution in [0.1, 0.15) is 5.56 Å². The van der Waals surface area contributed by atoms with E-state index >= 15 is 0 Å². The molecule has 10 heteroatoms. The Labute approximate surface area is 174 Å². The van der Waals surface area contributed by atoms with Gasteiger partial charge in [-0.2, -0.15) is 0 Å². The first-order chi connectivity index (χ1) is 13.6. The van der Waals surface area contributed by atoms with Gasteiger partial charge in [-0.3, -0.25) is 19.8 Å². The van der Waals surface area contributed by atoms with Crippen molar-refractivity contribution >= 4 is 29.7 Å². The molecule has 0 saturated heterocycles. The number of amides is 1. The van der Waals surface area contributed by atoms with Gasteiger partial charge in [-0.05, 0) is 12.0 Å². The number of benzene rings is 2. The molecule has 0 spiro atoms.